The van der Waals surface area contributed by atoms with E-state index in [0.29, 0.717) is 11.8 Å². The minimum absolute atomic E-state index is 0.0883. The van der Waals surface area contributed by atoms with E-state index in [9.17, 15) is 14.4 Å². The van der Waals surface area contributed by atoms with Crippen LogP contribution >= 0.6 is 0 Å². The number of hydrogen-bond acceptors (Lipinski definition) is 7. The molecule has 12 heteroatoms. The number of alkyl carbamates (subject to hydrolysis) is 1. The van der Waals surface area contributed by atoms with Crippen LogP contribution < -0.4 is 5.32 Å². The number of imidazole rings is 2. The molecule has 2 saturated heterocycles. The number of carbonyl (C=O) groups is 3. The number of nitrogens with zero attached hydrogens (tertiary/aromatic N) is 4. The Kier molecular flexibility index (Phi) is 8.70. The van der Waals surface area contributed by atoms with Gasteiger partial charge in [0.15, 0.2) is 0 Å². The smallest absolute Gasteiger partial charge is 0.411 e. The van der Waals surface area contributed by atoms with Crippen molar-refractivity contribution in [3.05, 3.63) is 84.7 Å². The van der Waals surface area contributed by atoms with Crippen molar-refractivity contribution in [2.75, 3.05) is 7.11 Å². The van der Waals surface area contributed by atoms with Gasteiger partial charge >= 0.3 is 12.2 Å². The second kappa shape index (κ2) is 13.5. The highest BCUT2D eigenvalue weighted by molar-refractivity contribution is 5.91. The van der Waals surface area contributed by atoms with Crippen LogP contribution in [-0.2, 0) is 14.3 Å². The molecule has 56 heavy (non-hydrogen) atoms. The molecule has 4 aliphatic rings. The SMILES string of the molecule is COC(=O)NC(C(=O)N1[C@@H]2C[C@@H]2C[C@H]1c1ncc(-c2ccc(-c3ccc4cc(-c5cnc([C@@H]6CC7C[C@H]7N6C(=O)OC(C)(C)C)[nH]5)ccc4c3)cc2)[nH]1)C(C)C. The number of amides is 3. The number of ether oxygens (including phenoxy) is 2. The van der Waals surface area contributed by atoms with Crippen molar-refractivity contribution in [3.8, 4) is 33.6 Å². The van der Waals surface area contributed by atoms with Gasteiger partial charge in [-0.15, -0.1) is 0 Å². The highest BCUT2D eigenvalue weighted by Crippen LogP contribution is 2.54. The lowest BCUT2D eigenvalue weighted by molar-refractivity contribution is -0.136. The number of aromatic amines is 2. The summed E-state index contributed by atoms with van der Waals surface area (Å²) in [6, 6.07) is 20.9. The van der Waals surface area contributed by atoms with Crippen LogP contribution in [0, 0.1) is 17.8 Å². The van der Waals surface area contributed by atoms with Crippen molar-refractivity contribution in [2.45, 2.75) is 96.1 Å². The Morgan fingerprint density at radius 3 is 1.84 bits per heavy atom. The van der Waals surface area contributed by atoms with Crippen molar-refractivity contribution in [3.63, 3.8) is 0 Å². The molecule has 3 N–H and O–H groups in total. The third-order valence-corrected chi connectivity index (χ3v) is 12.0. The highest BCUT2D eigenvalue weighted by Gasteiger charge is 2.57. The van der Waals surface area contributed by atoms with E-state index in [4.69, 9.17) is 19.4 Å². The maximum absolute atomic E-state index is 13.8. The van der Waals surface area contributed by atoms with Crippen molar-refractivity contribution < 1.29 is 23.9 Å². The normalized spacial score (nSPS) is 24.2. The molecule has 3 aromatic carbocycles. The fraction of sp³-hybridized carbons (Fsp3) is 0.432. The maximum Gasteiger partial charge on any atom is 0.411 e. The number of aromatic nitrogens is 4. The highest BCUT2D eigenvalue weighted by atomic mass is 16.6. The lowest BCUT2D eigenvalue weighted by atomic mass is 9.98. The molecule has 2 saturated carbocycles. The van der Waals surface area contributed by atoms with Gasteiger partial charge < -0.3 is 29.7 Å². The topological polar surface area (TPSA) is 146 Å². The number of methoxy groups -OCH3 is 1. The molecule has 2 aliphatic heterocycles. The van der Waals surface area contributed by atoms with Crippen molar-refractivity contribution in [1.29, 1.82) is 0 Å². The first-order valence-electron chi connectivity index (χ1n) is 19.8. The van der Waals surface area contributed by atoms with Gasteiger partial charge in [0, 0.05) is 17.6 Å². The van der Waals surface area contributed by atoms with E-state index in [1.54, 1.807) is 0 Å². The zero-order valence-corrected chi connectivity index (χ0v) is 32.7. The summed E-state index contributed by atoms with van der Waals surface area (Å²) in [4.78, 5) is 59.3. The van der Waals surface area contributed by atoms with Crippen LogP contribution in [0.4, 0.5) is 9.59 Å². The van der Waals surface area contributed by atoms with Crippen molar-refractivity contribution in [1.82, 2.24) is 35.1 Å². The number of fused-ring (bicyclic) bond motifs is 3. The Bertz CT molecular complexity index is 2320. The lowest BCUT2D eigenvalue weighted by Crippen LogP contribution is -2.52. The quantitative estimate of drug-likeness (QED) is 0.144. The van der Waals surface area contributed by atoms with Gasteiger partial charge in [-0.25, -0.2) is 19.6 Å². The number of nitrogens with one attached hydrogen (secondary N) is 3. The van der Waals surface area contributed by atoms with Crippen molar-refractivity contribution >= 4 is 28.9 Å². The average molecular weight is 756 g/mol. The molecule has 0 radical (unpaired) electrons. The van der Waals surface area contributed by atoms with Crippen LogP contribution in [0.3, 0.4) is 0 Å². The van der Waals surface area contributed by atoms with Gasteiger partial charge in [0.25, 0.3) is 0 Å². The average Bonchev–Trinajstić information content (AvgIpc) is 3.76. The van der Waals surface area contributed by atoms with Crippen LogP contribution in [0.5, 0.6) is 0 Å². The van der Waals surface area contributed by atoms with Gasteiger partial charge in [-0.3, -0.25) is 9.69 Å². The molecule has 290 valence electrons. The molecule has 2 aromatic heterocycles. The first-order valence-corrected chi connectivity index (χ1v) is 19.8. The number of H-pyrrole nitrogens is 2. The van der Waals surface area contributed by atoms with E-state index in [0.717, 1.165) is 81.7 Å². The Morgan fingerprint density at radius 1 is 0.732 bits per heavy atom. The second-order valence-corrected chi connectivity index (χ2v) is 17.3. The van der Waals surface area contributed by atoms with E-state index in [2.05, 4.69) is 75.9 Å². The minimum Gasteiger partial charge on any atom is -0.453 e. The predicted octanol–water partition coefficient (Wildman–Crippen LogP) is 8.40. The van der Waals surface area contributed by atoms with Gasteiger partial charge in [-0.05, 0) is 104 Å². The van der Waals surface area contributed by atoms with E-state index in [-0.39, 0.29) is 42.1 Å². The minimum atomic E-state index is -0.667. The summed E-state index contributed by atoms with van der Waals surface area (Å²) in [6.45, 7) is 9.56. The van der Waals surface area contributed by atoms with Crippen LogP contribution in [0.25, 0.3) is 44.4 Å². The molecule has 0 bridgehead atoms. The molecule has 12 nitrogen and oxygen atoms in total. The van der Waals surface area contributed by atoms with Gasteiger partial charge in [-0.1, -0.05) is 62.4 Å². The zero-order valence-electron chi connectivity index (χ0n) is 32.7. The summed E-state index contributed by atoms with van der Waals surface area (Å²) >= 11 is 0. The number of hydrogen-bond donors (Lipinski definition) is 3. The summed E-state index contributed by atoms with van der Waals surface area (Å²) in [6.07, 6.45) is 6.62. The first-order chi connectivity index (χ1) is 26.8. The van der Waals surface area contributed by atoms with Crippen LogP contribution in [0.2, 0.25) is 0 Å². The van der Waals surface area contributed by atoms with E-state index in [1.807, 2.05) is 56.8 Å². The third-order valence-electron chi connectivity index (χ3n) is 12.0. The molecule has 2 aliphatic carbocycles. The second-order valence-electron chi connectivity index (χ2n) is 17.3. The monoisotopic (exact) mass is 755 g/mol. The number of piperidine rings is 2. The summed E-state index contributed by atoms with van der Waals surface area (Å²) in [5.74, 6) is 2.37. The van der Waals surface area contributed by atoms with Gasteiger partial charge in [0.1, 0.15) is 23.3 Å². The zero-order chi connectivity index (χ0) is 39.0. The van der Waals surface area contributed by atoms with E-state index in [1.165, 1.54) is 7.11 Å². The van der Waals surface area contributed by atoms with Crippen LogP contribution in [0.1, 0.15) is 84.0 Å². The number of rotatable bonds is 8. The van der Waals surface area contributed by atoms with Gasteiger partial charge in [-0.2, -0.15) is 0 Å². The molecule has 4 fully saturated rings. The third kappa shape index (κ3) is 6.68. The molecule has 2 unspecified atom stereocenters. The Morgan fingerprint density at radius 2 is 1.25 bits per heavy atom. The molecule has 0 spiro atoms. The van der Waals surface area contributed by atoms with Crippen LogP contribution in [0.15, 0.2) is 73.1 Å². The van der Waals surface area contributed by atoms with Gasteiger partial charge in [0.2, 0.25) is 5.91 Å². The Balaban J connectivity index is 0.884. The number of likely N-dealkylation sites (tertiary alicyclic amines) is 2. The number of carbonyl (C=O) groups excluding carboxylic acids is 3. The summed E-state index contributed by atoms with van der Waals surface area (Å²) in [7, 11) is 1.31. The lowest BCUT2D eigenvalue weighted by Gasteiger charge is -2.31. The predicted molar refractivity (Wildman–Crippen MR) is 212 cm³/mol. The van der Waals surface area contributed by atoms with Crippen molar-refractivity contribution in [2.24, 2.45) is 17.8 Å². The van der Waals surface area contributed by atoms with E-state index >= 15 is 0 Å². The number of benzene rings is 3. The molecular weight excluding hydrogens is 707 g/mol. The molecule has 3 amide bonds. The Hall–Kier alpha value is -5.65. The summed E-state index contributed by atoms with van der Waals surface area (Å²) in [5.41, 5.74) is 5.54. The molecule has 5 aromatic rings. The first kappa shape index (κ1) is 36.0. The van der Waals surface area contributed by atoms with E-state index < -0.39 is 17.7 Å². The summed E-state index contributed by atoms with van der Waals surface area (Å²) < 4.78 is 10.6. The standard InChI is InChI=1S/C44H49N7O5/c1-23(2)38(49-42(53)55-6)41(52)50-34-17-30(34)19-36(50)39-45-21-32(47-39)25-9-7-24(8-10-25)26-11-12-28-16-29(14-13-27(28)15-26)33-22-46-40(48-33)37-20-31-18-35(31)51(37)43(54)56-44(3,4)5/h7-16,21-23,30-31,34-38H,17-20H2,1-6H3,(H,45,47)(H,46,48)(H,49,53)/t30-,31?,34-,35-,36+,37+,38?/m1/s1. The van der Waals surface area contributed by atoms with Gasteiger partial charge in [0.05, 0.1) is 43.0 Å². The summed E-state index contributed by atoms with van der Waals surface area (Å²) in [5, 5.41) is 5.00. The Labute approximate surface area is 326 Å². The fourth-order valence-electron chi connectivity index (χ4n) is 8.90. The maximum atomic E-state index is 13.8. The molecular formula is C44H49N7O5. The fourth-order valence-corrected chi connectivity index (χ4v) is 8.90. The molecule has 4 heterocycles. The van der Waals surface area contributed by atoms with Crippen LogP contribution in [-0.4, -0.2) is 78.7 Å². The molecule has 9 rings (SSSR count). The molecule has 7 atom stereocenters. The largest absolute Gasteiger partial charge is 0.453 e.